The Labute approximate surface area is 196 Å². The predicted octanol–water partition coefficient (Wildman–Crippen LogP) is 7.83. The van der Waals surface area contributed by atoms with Crippen molar-refractivity contribution in [1.29, 1.82) is 0 Å². The SMILES string of the molecule is Clc1nc(-c2ccc(-c3ccccc3)cc2)nc(-c2cc3ccccc3c3ccccc23)n1. The number of halogens is 1. The third kappa shape index (κ3) is 3.63. The molecule has 0 saturated carbocycles. The number of benzene rings is 5. The van der Waals surface area contributed by atoms with Gasteiger partial charge in [-0.15, -0.1) is 0 Å². The maximum Gasteiger partial charge on any atom is 0.226 e. The van der Waals surface area contributed by atoms with Crippen molar-refractivity contribution in [2.24, 2.45) is 0 Å². The Morgan fingerprint density at radius 2 is 1.03 bits per heavy atom. The molecule has 0 N–H and O–H groups in total. The van der Waals surface area contributed by atoms with Gasteiger partial charge in [-0.3, -0.25) is 0 Å². The fourth-order valence-electron chi connectivity index (χ4n) is 4.28. The zero-order chi connectivity index (χ0) is 22.2. The summed E-state index contributed by atoms with van der Waals surface area (Å²) in [6.45, 7) is 0. The lowest BCUT2D eigenvalue weighted by Crippen LogP contribution is -1.98. The topological polar surface area (TPSA) is 38.7 Å². The summed E-state index contributed by atoms with van der Waals surface area (Å²) >= 11 is 6.38. The van der Waals surface area contributed by atoms with E-state index in [4.69, 9.17) is 16.6 Å². The van der Waals surface area contributed by atoms with Gasteiger partial charge in [0.2, 0.25) is 5.28 Å². The highest BCUT2D eigenvalue weighted by Gasteiger charge is 2.14. The van der Waals surface area contributed by atoms with E-state index in [2.05, 4.69) is 76.7 Å². The van der Waals surface area contributed by atoms with E-state index in [-0.39, 0.29) is 5.28 Å². The molecule has 33 heavy (non-hydrogen) atoms. The van der Waals surface area contributed by atoms with Crippen molar-refractivity contribution < 1.29 is 0 Å². The van der Waals surface area contributed by atoms with Gasteiger partial charge in [-0.2, -0.15) is 9.97 Å². The number of fused-ring (bicyclic) bond motifs is 3. The zero-order valence-electron chi connectivity index (χ0n) is 17.6. The third-order valence-electron chi connectivity index (χ3n) is 5.87. The second-order valence-electron chi connectivity index (χ2n) is 7.89. The van der Waals surface area contributed by atoms with Gasteiger partial charge in [-0.1, -0.05) is 103 Å². The van der Waals surface area contributed by atoms with Crippen molar-refractivity contribution in [1.82, 2.24) is 15.0 Å². The molecule has 0 fully saturated rings. The van der Waals surface area contributed by atoms with Gasteiger partial charge in [0.25, 0.3) is 0 Å². The summed E-state index contributed by atoms with van der Waals surface area (Å²) in [6, 6.07) is 37.3. The molecule has 3 nitrogen and oxygen atoms in total. The molecule has 5 aromatic carbocycles. The first-order valence-electron chi connectivity index (χ1n) is 10.7. The quantitative estimate of drug-likeness (QED) is 0.261. The molecule has 0 aliphatic heterocycles. The lowest BCUT2D eigenvalue weighted by Gasteiger charge is -2.11. The molecule has 0 saturated heterocycles. The van der Waals surface area contributed by atoms with Crippen LogP contribution in [-0.2, 0) is 0 Å². The van der Waals surface area contributed by atoms with Gasteiger partial charge in [-0.25, -0.2) is 4.98 Å². The van der Waals surface area contributed by atoms with Crippen molar-refractivity contribution in [3.63, 3.8) is 0 Å². The molecule has 6 rings (SSSR count). The molecule has 1 aromatic heterocycles. The second kappa shape index (κ2) is 8.12. The predicted molar refractivity (Wildman–Crippen MR) is 136 cm³/mol. The van der Waals surface area contributed by atoms with E-state index in [0.29, 0.717) is 11.6 Å². The molecule has 4 heteroatoms. The Morgan fingerprint density at radius 1 is 0.455 bits per heavy atom. The summed E-state index contributed by atoms with van der Waals surface area (Å²) in [6.07, 6.45) is 0. The van der Waals surface area contributed by atoms with Crippen molar-refractivity contribution in [2.75, 3.05) is 0 Å². The standard InChI is InChI=1S/C29H18ClN3/c30-29-32-27(21-16-14-20(15-17-21)19-8-2-1-3-9-19)31-28(33-29)26-18-22-10-4-5-11-23(22)24-12-6-7-13-25(24)26/h1-18H. The highest BCUT2D eigenvalue weighted by Crippen LogP contribution is 2.34. The fourth-order valence-corrected chi connectivity index (χ4v) is 4.44. The van der Waals surface area contributed by atoms with Gasteiger partial charge in [0.05, 0.1) is 0 Å². The first-order chi connectivity index (χ1) is 16.3. The van der Waals surface area contributed by atoms with Crippen LogP contribution in [0.3, 0.4) is 0 Å². The van der Waals surface area contributed by atoms with Crippen LogP contribution in [-0.4, -0.2) is 15.0 Å². The molecule has 1 heterocycles. The minimum atomic E-state index is 0.180. The molecule has 0 spiro atoms. The number of aromatic nitrogens is 3. The molecule has 156 valence electrons. The molecule has 6 aromatic rings. The zero-order valence-corrected chi connectivity index (χ0v) is 18.4. The number of rotatable bonds is 3. The van der Waals surface area contributed by atoms with Crippen molar-refractivity contribution in [2.45, 2.75) is 0 Å². The monoisotopic (exact) mass is 443 g/mol. The van der Waals surface area contributed by atoms with Crippen LogP contribution in [0.2, 0.25) is 5.28 Å². The van der Waals surface area contributed by atoms with Gasteiger partial charge in [0, 0.05) is 11.1 Å². The molecule has 0 atom stereocenters. The Balaban J connectivity index is 1.49. The summed E-state index contributed by atoms with van der Waals surface area (Å²) in [5.74, 6) is 1.13. The molecule has 0 unspecified atom stereocenters. The summed E-state index contributed by atoms with van der Waals surface area (Å²) < 4.78 is 0. The summed E-state index contributed by atoms with van der Waals surface area (Å²) in [4.78, 5) is 13.7. The van der Waals surface area contributed by atoms with E-state index in [0.717, 1.165) is 32.8 Å². The third-order valence-corrected chi connectivity index (χ3v) is 6.04. The van der Waals surface area contributed by atoms with Gasteiger partial charge in [-0.05, 0) is 50.3 Å². The Bertz CT molecular complexity index is 1610. The van der Waals surface area contributed by atoms with Crippen molar-refractivity contribution in [3.8, 4) is 33.9 Å². The van der Waals surface area contributed by atoms with Crippen LogP contribution in [0.1, 0.15) is 0 Å². The normalized spacial score (nSPS) is 11.2. The lowest BCUT2D eigenvalue weighted by molar-refractivity contribution is 1.07. The maximum atomic E-state index is 6.38. The Hall–Kier alpha value is -4.08. The van der Waals surface area contributed by atoms with Gasteiger partial charge < -0.3 is 0 Å². The molecule has 0 amide bonds. The minimum Gasteiger partial charge on any atom is -0.208 e. The highest BCUT2D eigenvalue weighted by atomic mass is 35.5. The van der Waals surface area contributed by atoms with Crippen LogP contribution in [0.25, 0.3) is 55.4 Å². The molecular formula is C29H18ClN3. The van der Waals surface area contributed by atoms with Crippen LogP contribution in [0.4, 0.5) is 0 Å². The summed E-state index contributed by atoms with van der Waals surface area (Å²) in [5, 5.41) is 4.77. The van der Waals surface area contributed by atoms with Crippen LogP contribution in [0.5, 0.6) is 0 Å². The number of hydrogen-bond acceptors (Lipinski definition) is 3. The van der Waals surface area contributed by atoms with E-state index < -0.39 is 0 Å². The number of hydrogen-bond donors (Lipinski definition) is 0. The van der Waals surface area contributed by atoms with E-state index in [1.807, 2.05) is 42.5 Å². The molecule has 0 aliphatic carbocycles. The summed E-state index contributed by atoms with van der Waals surface area (Å²) in [7, 11) is 0. The molecule has 0 bridgehead atoms. The Kier molecular flexibility index (Phi) is 4.82. The van der Waals surface area contributed by atoms with Crippen molar-refractivity contribution in [3.05, 3.63) is 114 Å². The first kappa shape index (κ1) is 19.6. The average Bonchev–Trinajstić information content (AvgIpc) is 2.88. The average molecular weight is 444 g/mol. The summed E-state index contributed by atoms with van der Waals surface area (Å²) in [5.41, 5.74) is 4.14. The van der Waals surface area contributed by atoms with E-state index in [1.165, 1.54) is 10.9 Å². The van der Waals surface area contributed by atoms with Crippen LogP contribution in [0, 0.1) is 0 Å². The first-order valence-corrected chi connectivity index (χ1v) is 11.1. The highest BCUT2D eigenvalue weighted by molar-refractivity contribution is 6.28. The lowest BCUT2D eigenvalue weighted by atomic mass is 9.97. The fraction of sp³-hybridized carbons (Fsp3) is 0. The van der Waals surface area contributed by atoms with Crippen LogP contribution in [0.15, 0.2) is 109 Å². The Morgan fingerprint density at radius 3 is 1.82 bits per heavy atom. The van der Waals surface area contributed by atoms with E-state index in [1.54, 1.807) is 0 Å². The second-order valence-corrected chi connectivity index (χ2v) is 8.22. The molecule has 0 aliphatic rings. The van der Waals surface area contributed by atoms with E-state index in [9.17, 15) is 0 Å². The largest absolute Gasteiger partial charge is 0.226 e. The van der Waals surface area contributed by atoms with Gasteiger partial charge in [0.1, 0.15) is 0 Å². The van der Waals surface area contributed by atoms with Crippen molar-refractivity contribution >= 4 is 33.1 Å². The van der Waals surface area contributed by atoms with Gasteiger partial charge in [0.15, 0.2) is 11.6 Å². The van der Waals surface area contributed by atoms with Gasteiger partial charge >= 0.3 is 0 Å². The smallest absolute Gasteiger partial charge is 0.208 e. The minimum absolute atomic E-state index is 0.180. The van der Waals surface area contributed by atoms with Crippen LogP contribution >= 0.6 is 11.6 Å². The van der Waals surface area contributed by atoms with Crippen LogP contribution < -0.4 is 0 Å². The maximum absolute atomic E-state index is 6.38. The van der Waals surface area contributed by atoms with E-state index >= 15 is 0 Å². The number of nitrogens with zero attached hydrogens (tertiary/aromatic N) is 3. The molecular weight excluding hydrogens is 426 g/mol. The molecule has 0 radical (unpaired) electrons.